The first-order valence-electron chi connectivity index (χ1n) is 10.1. The van der Waals surface area contributed by atoms with Crippen molar-refractivity contribution in [1.82, 2.24) is 4.57 Å². The zero-order valence-electron chi connectivity index (χ0n) is 16.9. The van der Waals surface area contributed by atoms with Crippen molar-refractivity contribution in [2.75, 3.05) is 13.2 Å². The van der Waals surface area contributed by atoms with Crippen LogP contribution in [-0.2, 0) is 17.2 Å². The van der Waals surface area contributed by atoms with Crippen molar-refractivity contribution in [2.24, 2.45) is 7.05 Å². The van der Waals surface area contributed by atoms with Crippen LogP contribution in [0.5, 0.6) is 5.75 Å². The molecule has 150 valence electrons. The minimum Gasteiger partial charge on any atom is -0.490 e. The van der Waals surface area contributed by atoms with E-state index < -0.39 is 0 Å². The van der Waals surface area contributed by atoms with Gasteiger partial charge in [-0.2, -0.15) is 0 Å². The summed E-state index contributed by atoms with van der Waals surface area (Å²) in [6.07, 6.45) is 1.98. The van der Waals surface area contributed by atoms with E-state index in [-0.39, 0.29) is 17.3 Å². The first-order chi connectivity index (χ1) is 13.9. The van der Waals surface area contributed by atoms with Crippen LogP contribution in [0.2, 0.25) is 0 Å². The van der Waals surface area contributed by atoms with E-state index in [1.54, 1.807) is 0 Å². The number of fused-ring (bicyclic) bond motifs is 4. The molecular formula is C24H24BrNO3. The van der Waals surface area contributed by atoms with Crippen LogP contribution in [0, 0.1) is 0 Å². The van der Waals surface area contributed by atoms with Crippen LogP contribution in [-0.4, -0.2) is 29.7 Å². The summed E-state index contributed by atoms with van der Waals surface area (Å²) in [5.74, 6) is 0.932. The summed E-state index contributed by atoms with van der Waals surface area (Å²) in [7, 11) is 2.05. The maximum Gasteiger partial charge on any atom is 0.195 e. The van der Waals surface area contributed by atoms with Gasteiger partial charge in [0.25, 0.3) is 0 Å². The Bertz CT molecular complexity index is 1140. The molecule has 0 unspecified atom stereocenters. The number of hydrogen-bond acceptors (Lipinski definition) is 3. The number of halogens is 1. The van der Waals surface area contributed by atoms with Gasteiger partial charge in [-0.25, -0.2) is 0 Å². The fraction of sp³-hybridized carbons (Fsp3) is 0.375. The van der Waals surface area contributed by atoms with Gasteiger partial charge in [0.15, 0.2) is 5.78 Å². The highest BCUT2D eigenvalue weighted by molar-refractivity contribution is 9.10. The lowest BCUT2D eigenvalue weighted by Gasteiger charge is -2.34. The predicted molar refractivity (Wildman–Crippen MR) is 117 cm³/mol. The zero-order valence-corrected chi connectivity index (χ0v) is 18.5. The first-order valence-corrected chi connectivity index (χ1v) is 10.9. The molecule has 1 saturated heterocycles. The molecule has 0 amide bonds. The second kappa shape index (κ2) is 6.71. The zero-order chi connectivity index (χ0) is 20.3. The standard InChI is InChI=1S/C24H24BrNO3/c1-24(2)19-13-16(29-15-8-10-28-11-9-15)5-7-17(19)22(27)21-18-6-4-14(25)12-20(18)26(3)23(21)24/h4-7,12-13,15H,8-11H2,1-3H3. The molecule has 1 aromatic heterocycles. The Hall–Kier alpha value is -2.11. The molecule has 0 bridgehead atoms. The maximum atomic E-state index is 13.5. The van der Waals surface area contributed by atoms with Crippen LogP contribution >= 0.6 is 15.9 Å². The summed E-state index contributed by atoms with van der Waals surface area (Å²) in [5, 5.41) is 1.01. The molecule has 0 spiro atoms. The molecule has 0 radical (unpaired) electrons. The summed E-state index contributed by atoms with van der Waals surface area (Å²) in [6, 6.07) is 12.1. The van der Waals surface area contributed by atoms with E-state index in [4.69, 9.17) is 9.47 Å². The van der Waals surface area contributed by atoms with Crippen molar-refractivity contribution >= 4 is 32.6 Å². The van der Waals surface area contributed by atoms with Crippen molar-refractivity contribution in [3.63, 3.8) is 0 Å². The smallest absolute Gasteiger partial charge is 0.195 e. The SMILES string of the molecule is Cn1c2c(c3ccc(Br)cc31)C(=O)c1ccc(OC3CCOCC3)cc1C2(C)C. The third kappa shape index (κ3) is 2.86. The molecule has 29 heavy (non-hydrogen) atoms. The van der Waals surface area contributed by atoms with Gasteiger partial charge in [-0.3, -0.25) is 4.79 Å². The second-order valence-corrected chi connectivity index (χ2v) is 9.45. The van der Waals surface area contributed by atoms with Crippen molar-refractivity contribution in [3.05, 3.63) is 63.3 Å². The minimum absolute atomic E-state index is 0.0971. The quantitative estimate of drug-likeness (QED) is 0.523. The molecule has 1 aliphatic heterocycles. The van der Waals surface area contributed by atoms with Gasteiger partial charge in [-0.15, -0.1) is 0 Å². The molecule has 0 N–H and O–H groups in total. The van der Waals surface area contributed by atoms with E-state index >= 15 is 0 Å². The molecule has 5 heteroatoms. The molecule has 1 aliphatic carbocycles. The third-order valence-corrected chi connectivity index (χ3v) is 6.86. The van der Waals surface area contributed by atoms with E-state index in [2.05, 4.69) is 53.5 Å². The molecule has 0 saturated carbocycles. The van der Waals surface area contributed by atoms with Crippen molar-refractivity contribution in [2.45, 2.75) is 38.2 Å². The molecule has 1 fully saturated rings. The number of nitrogens with zero attached hydrogens (tertiary/aromatic N) is 1. The number of ether oxygens (including phenoxy) is 2. The van der Waals surface area contributed by atoms with E-state index in [0.717, 1.165) is 69.6 Å². The fourth-order valence-corrected chi connectivity index (χ4v) is 5.28. The molecule has 2 aromatic carbocycles. The number of aryl methyl sites for hydroxylation is 1. The molecule has 2 aliphatic rings. The summed E-state index contributed by atoms with van der Waals surface area (Å²) in [6.45, 7) is 5.88. The van der Waals surface area contributed by atoms with Crippen molar-refractivity contribution in [1.29, 1.82) is 0 Å². The molecule has 4 nitrogen and oxygen atoms in total. The van der Waals surface area contributed by atoms with Gasteiger partial charge < -0.3 is 14.0 Å². The van der Waals surface area contributed by atoms with Crippen LogP contribution in [0.1, 0.15) is 53.9 Å². The number of aromatic nitrogens is 1. The van der Waals surface area contributed by atoms with E-state index in [1.165, 1.54) is 0 Å². The Labute approximate surface area is 178 Å². The summed E-state index contributed by atoms with van der Waals surface area (Å²) in [5.41, 5.74) is 4.45. The third-order valence-electron chi connectivity index (χ3n) is 6.36. The fourth-order valence-electron chi connectivity index (χ4n) is 4.93. The number of benzene rings is 2. The highest BCUT2D eigenvalue weighted by Crippen LogP contribution is 2.46. The van der Waals surface area contributed by atoms with Gasteiger partial charge >= 0.3 is 0 Å². The van der Waals surface area contributed by atoms with Gasteiger partial charge in [0, 0.05) is 51.9 Å². The van der Waals surface area contributed by atoms with Crippen LogP contribution < -0.4 is 4.74 Å². The predicted octanol–water partition coefficient (Wildman–Crippen LogP) is 5.37. The Morgan fingerprint density at radius 3 is 2.66 bits per heavy atom. The molecule has 2 heterocycles. The van der Waals surface area contributed by atoms with E-state index in [9.17, 15) is 4.79 Å². The molecule has 5 rings (SSSR count). The average molecular weight is 454 g/mol. The Morgan fingerprint density at radius 2 is 1.90 bits per heavy atom. The largest absolute Gasteiger partial charge is 0.490 e. The highest BCUT2D eigenvalue weighted by Gasteiger charge is 2.41. The van der Waals surface area contributed by atoms with Crippen LogP contribution in [0.3, 0.4) is 0 Å². The highest BCUT2D eigenvalue weighted by atomic mass is 79.9. The average Bonchev–Trinajstić information content (AvgIpc) is 3.00. The van der Waals surface area contributed by atoms with Crippen LogP contribution in [0.15, 0.2) is 40.9 Å². The number of carbonyl (C=O) groups excluding carboxylic acids is 1. The van der Waals surface area contributed by atoms with Gasteiger partial charge in [-0.1, -0.05) is 35.8 Å². The van der Waals surface area contributed by atoms with Crippen LogP contribution in [0.25, 0.3) is 10.9 Å². The second-order valence-electron chi connectivity index (χ2n) is 8.54. The summed E-state index contributed by atoms with van der Waals surface area (Å²) >= 11 is 3.56. The van der Waals surface area contributed by atoms with Crippen LogP contribution in [0.4, 0.5) is 0 Å². The topological polar surface area (TPSA) is 40.5 Å². The molecular weight excluding hydrogens is 430 g/mol. The monoisotopic (exact) mass is 453 g/mol. The number of hydrogen-bond donors (Lipinski definition) is 0. The van der Waals surface area contributed by atoms with Crippen molar-refractivity contribution in [3.8, 4) is 5.75 Å². The van der Waals surface area contributed by atoms with Gasteiger partial charge in [0.1, 0.15) is 11.9 Å². The Morgan fingerprint density at radius 1 is 1.14 bits per heavy atom. The number of rotatable bonds is 2. The Balaban J connectivity index is 1.64. The number of carbonyl (C=O) groups is 1. The lowest BCUT2D eigenvalue weighted by Crippen LogP contribution is -2.32. The lowest BCUT2D eigenvalue weighted by molar-refractivity contribution is 0.0255. The van der Waals surface area contributed by atoms with Crippen molar-refractivity contribution < 1.29 is 14.3 Å². The van der Waals surface area contributed by atoms with Gasteiger partial charge in [0.2, 0.25) is 0 Å². The first kappa shape index (κ1) is 18.9. The van der Waals surface area contributed by atoms with E-state index in [1.807, 2.05) is 24.3 Å². The molecule has 3 aromatic rings. The van der Waals surface area contributed by atoms with E-state index in [0.29, 0.717) is 0 Å². The normalized spacial score (nSPS) is 18.6. The maximum absolute atomic E-state index is 13.5. The Kier molecular flexibility index (Phi) is 4.37. The summed E-state index contributed by atoms with van der Waals surface area (Å²) < 4.78 is 14.9. The lowest BCUT2D eigenvalue weighted by atomic mass is 9.71. The number of ketones is 1. The van der Waals surface area contributed by atoms with Gasteiger partial charge in [-0.05, 0) is 35.9 Å². The molecule has 0 atom stereocenters. The van der Waals surface area contributed by atoms with Gasteiger partial charge in [0.05, 0.1) is 18.8 Å². The summed E-state index contributed by atoms with van der Waals surface area (Å²) in [4.78, 5) is 13.5. The minimum atomic E-state index is -0.312.